The predicted molar refractivity (Wildman–Crippen MR) is 155 cm³/mol. The lowest BCUT2D eigenvalue weighted by molar-refractivity contribution is -0.141. The third kappa shape index (κ3) is 8.25. The Morgan fingerprint density at radius 1 is 1.11 bits per heavy atom. The lowest BCUT2D eigenvalue weighted by Crippen LogP contribution is -2.43. The molecule has 0 aliphatic rings. The third-order valence-electron chi connectivity index (χ3n) is 6.38. The summed E-state index contributed by atoms with van der Waals surface area (Å²) in [7, 11) is 0. The molecule has 3 aromatic heterocycles. The highest BCUT2D eigenvalue weighted by molar-refractivity contribution is 5.96. The van der Waals surface area contributed by atoms with Gasteiger partial charge in [-0.3, -0.25) is 13.9 Å². The van der Waals surface area contributed by atoms with E-state index >= 15 is 0 Å². The summed E-state index contributed by atoms with van der Waals surface area (Å²) in [4.78, 5) is 33.4. The van der Waals surface area contributed by atoms with Crippen LogP contribution >= 0.6 is 0 Å². The van der Waals surface area contributed by atoms with Gasteiger partial charge in [0.25, 0.3) is 12.3 Å². The highest BCUT2D eigenvalue weighted by atomic mass is 19.4. The molecule has 0 radical (unpaired) electrons. The van der Waals surface area contributed by atoms with E-state index in [2.05, 4.69) is 31.0 Å². The van der Waals surface area contributed by atoms with Gasteiger partial charge in [-0.15, -0.1) is 0 Å². The number of carbonyl (C=O) groups is 2. The first-order valence-electron chi connectivity index (χ1n) is 14.0. The van der Waals surface area contributed by atoms with Crippen LogP contribution in [0, 0.1) is 0 Å². The van der Waals surface area contributed by atoms with Crippen molar-refractivity contribution in [1.29, 1.82) is 0 Å². The second kappa shape index (κ2) is 13.1. The van der Waals surface area contributed by atoms with Crippen LogP contribution < -0.4 is 16.0 Å². The Labute approximate surface area is 255 Å². The van der Waals surface area contributed by atoms with E-state index in [1.807, 2.05) is 6.92 Å². The molecule has 0 saturated heterocycles. The minimum Gasteiger partial charge on any atom is -0.444 e. The Balaban J connectivity index is 1.53. The summed E-state index contributed by atoms with van der Waals surface area (Å²) in [5.41, 5.74) is -0.562. The molecule has 3 N–H and O–H groups in total. The zero-order chi connectivity index (χ0) is 33.1. The molecule has 4 rings (SSSR count). The number of carbonyl (C=O) groups excluding carboxylic acids is 2. The third-order valence-corrected chi connectivity index (χ3v) is 6.38. The normalized spacial score (nSPS) is 12.8. The summed E-state index contributed by atoms with van der Waals surface area (Å²) in [6, 6.07) is 4.60. The smallest absolute Gasteiger partial charge is 0.435 e. The number of hydrogen-bond acceptors (Lipinski definition) is 7. The standard InChI is InChI=1S/C29H33F5N8O3/c1-6-17-11-18(7-8-19(17)26(43)38-16(2)12-37-27(44)45-28(3,4)5)39-24-25-36-13-21(42(25)10-9-35-24)20-14-41(15-22(30)31)40-23(20)29(32,33)34/h7-11,13-14,16,22H,6,12,15H2,1-5H3,(H,35,39)(H,37,44)(H,38,43)/t16-/m1/s1. The maximum absolute atomic E-state index is 13.7. The van der Waals surface area contributed by atoms with E-state index < -0.39 is 48.1 Å². The number of halogens is 5. The van der Waals surface area contributed by atoms with Crippen LogP contribution in [0.15, 0.2) is 43.0 Å². The number of anilines is 2. The maximum atomic E-state index is 13.7. The topological polar surface area (TPSA) is 127 Å². The van der Waals surface area contributed by atoms with Gasteiger partial charge in [0.2, 0.25) is 0 Å². The zero-order valence-corrected chi connectivity index (χ0v) is 25.2. The number of hydrogen-bond donors (Lipinski definition) is 3. The minimum absolute atomic E-state index is 0.0140. The van der Waals surface area contributed by atoms with Crippen molar-refractivity contribution in [3.8, 4) is 11.3 Å². The summed E-state index contributed by atoms with van der Waals surface area (Å²) in [5, 5.41) is 11.9. The van der Waals surface area contributed by atoms with Gasteiger partial charge in [0.1, 0.15) is 12.1 Å². The van der Waals surface area contributed by atoms with Crippen LogP contribution in [0.3, 0.4) is 0 Å². The molecule has 16 heteroatoms. The Hall–Kier alpha value is -4.76. The van der Waals surface area contributed by atoms with Crippen LogP contribution in [-0.2, 0) is 23.9 Å². The molecule has 0 aliphatic heterocycles. The average molecular weight is 637 g/mol. The molecule has 242 valence electrons. The SMILES string of the molecule is CCc1cc(Nc2nccn3c(-c4cn(CC(F)F)nc4C(F)(F)F)cnc23)ccc1C(=O)N[C@H](C)CNC(=O)OC(C)(C)C. The summed E-state index contributed by atoms with van der Waals surface area (Å²) in [6.07, 6.45) is -3.03. The second-order valence-electron chi connectivity index (χ2n) is 11.2. The van der Waals surface area contributed by atoms with E-state index in [0.29, 0.717) is 27.9 Å². The van der Waals surface area contributed by atoms with Crippen molar-refractivity contribution in [2.45, 2.75) is 71.8 Å². The molecule has 2 amide bonds. The van der Waals surface area contributed by atoms with Crippen molar-refractivity contribution in [2.24, 2.45) is 0 Å². The quantitative estimate of drug-likeness (QED) is 0.187. The Morgan fingerprint density at radius 3 is 2.49 bits per heavy atom. The summed E-state index contributed by atoms with van der Waals surface area (Å²) in [6.45, 7) is 8.01. The molecule has 11 nitrogen and oxygen atoms in total. The number of imidazole rings is 1. The number of nitrogens with one attached hydrogen (secondary N) is 3. The van der Waals surface area contributed by atoms with Gasteiger partial charge in [-0.25, -0.2) is 23.5 Å². The van der Waals surface area contributed by atoms with Gasteiger partial charge in [0, 0.05) is 42.4 Å². The number of aromatic nitrogens is 5. The summed E-state index contributed by atoms with van der Waals surface area (Å²) >= 11 is 0. The van der Waals surface area contributed by atoms with Crippen LogP contribution in [0.5, 0.6) is 0 Å². The first-order valence-corrected chi connectivity index (χ1v) is 14.0. The molecule has 45 heavy (non-hydrogen) atoms. The molecule has 0 saturated carbocycles. The fourth-order valence-corrected chi connectivity index (χ4v) is 4.49. The van der Waals surface area contributed by atoms with Crippen molar-refractivity contribution in [3.05, 3.63) is 59.8 Å². The first-order chi connectivity index (χ1) is 21.1. The highest BCUT2D eigenvalue weighted by Gasteiger charge is 2.38. The Bertz CT molecular complexity index is 1680. The fraction of sp³-hybridized carbons (Fsp3) is 0.414. The molecule has 0 bridgehead atoms. The lowest BCUT2D eigenvalue weighted by atomic mass is 10.0. The van der Waals surface area contributed by atoms with Gasteiger partial charge in [0.15, 0.2) is 17.2 Å². The molecule has 0 unspecified atom stereocenters. The van der Waals surface area contributed by atoms with E-state index in [1.165, 1.54) is 23.0 Å². The molecular formula is C29H33F5N8O3. The number of amides is 2. The molecule has 3 heterocycles. The number of rotatable bonds is 10. The van der Waals surface area contributed by atoms with Gasteiger partial charge in [-0.1, -0.05) is 6.92 Å². The van der Waals surface area contributed by atoms with Gasteiger partial charge >= 0.3 is 12.3 Å². The molecule has 0 aliphatic carbocycles. The second-order valence-corrected chi connectivity index (χ2v) is 11.2. The number of nitrogens with zero attached hydrogens (tertiary/aromatic N) is 5. The van der Waals surface area contributed by atoms with E-state index in [1.54, 1.807) is 45.9 Å². The van der Waals surface area contributed by atoms with Gasteiger partial charge in [0.05, 0.1) is 17.5 Å². The highest BCUT2D eigenvalue weighted by Crippen LogP contribution is 2.37. The van der Waals surface area contributed by atoms with Crippen molar-refractivity contribution in [1.82, 2.24) is 34.8 Å². The van der Waals surface area contributed by atoms with E-state index in [4.69, 9.17) is 4.74 Å². The largest absolute Gasteiger partial charge is 0.444 e. The average Bonchev–Trinajstić information content (AvgIpc) is 3.55. The van der Waals surface area contributed by atoms with Crippen molar-refractivity contribution in [2.75, 3.05) is 11.9 Å². The van der Waals surface area contributed by atoms with Crippen molar-refractivity contribution < 1.29 is 36.3 Å². The lowest BCUT2D eigenvalue weighted by Gasteiger charge is -2.21. The van der Waals surface area contributed by atoms with E-state index in [9.17, 15) is 31.5 Å². The van der Waals surface area contributed by atoms with E-state index in [-0.39, 0.29) is 29.6 Å². The van der Waals surface area contributed by atoms with Crippen LogP contribution in [0.2, 0.25) is 0 Å². The van der Waals surface area contributed by atoms with Crippen molar-refractivity contribution >= 4 is 29.2 Å². The number of ether oxygens (including phenoxy) is 1. The Kier molecular flexibility index (Phi) is 9.63. The fourth-order valence-electron chi connectivity index (χ4n) is 4.49. The molecule has 0 fully saturated rings. The Morgan fingerprint density at radius 2 is 1.84 bits per heavy atom. The van der Waals surface area contributed by atoms with Crippen LogP contribution in [0.25, 0.3) is 16.9 Å². The van der Waals surface area contributed by atoms with Crippen LogP contribution in [-0.4, -0.2) is 60.8 Å². The number of alkyl carbamates (subject to hydrolysis) is 1. The molecular weight excluding hydrogens is 603 g/mol. The van der Waals surface area contributed by atoms with Crippen LogP contribution in [0.1, 0.15) is 56.2 Å². The minimum atomic E-state index is -4.89. The van der Waals surface area contributed by atoms with Gasteiger partial charge < -0.3 is 20.7 Å². The molecule has 0 spiro atoms. The predicted octanol–water partition coefficient (Wildman–Crippen LogP) is 5.83. The summed E-state index contributed by atoms with van der Waals surface area (Å²) in [5.74, 6) is -0.138. The van der Waals surface area contributed by atoms with Gasteiger partial charge in [-0.05, 0) is 57.9 Å². The maximum Gasteiger partial charge on any atom is 0.435 e. The van der Waals surface area contributed by atoms with Crippen molar-refractivity contribution in [3.63, 3.8) is 0 Å². The first kappa shape index (κ1) is 33.1. The summed E-state index contributed by atoms with van der Waals surface area (Å²) < 4.78 is 74.1. The zero-order valence-electron chi connectivity index (χ0n) is 25.2. The molecule has 1 aromatic carbocycles. The molecule has 4 aromatic rings. The number of aryl methyl sites for hydroxylation is 1. The molecule has 1 atom stereocenters. The monoisotopic (exact) mass is 636 g/mol. The number of benzene rings is 1. The number of fused-ring (bicyclic) bond motifs is 1. The van der Waals surface area contributed by atoms with E-state index in [0.717, 1.165) is 6.20 Å². The number of alkyl halides is 5. The van der Waals surface area contributed by atoms with Crippen LogP contribution in [0.4, 0.5) is 38.3 Å². The van der Waals surface area contributed by atoms with Gasteiger partial charge in [-0.2, -0.15) is 18.3 Å².